The Morgan fingerprint density at radius 2 is 1.71 bits per heavy atom. The first-order chi connectivity index (χ1) is 15.0. The fourth-order valence-electron chi connectivity index (χ4n) is 3.54. The van der Waals surface area contributed by atoms with Crippen LogP contribution in [0.4, 0.5) is 11.5 Å². The second-order valence-electron chi connectivity index (χ2n) is 7.07. The maximum absolute atomic E-state index is 11.1. The van der Waals surface area contributed by atoms with E-state index in [1.807, 2.05) is 38.1 Å². The molecule has 0 fully saturated rings. The van der Waals surface area contributed by atoms with Crippen LogP contribution in [0, 0.1) is 24.0 Å². The topological polar surface area (TPSA) is 85.3 Å². The molecule has 0 aliphatic heterocycles. The Balaban J connectivity index is 1.57. The summed E-state index contributed by atoms with van der Waals surface area (Å²) in [5.41, 5.74) is 8.95. The number of hydrogen-bond donors (Lipinski definition) is 1. The minimum Gasteiger partial charge on any atom is -0.318 e. The van der Waals surface area contributed by atoms with Crippen LogP contribution in [0.25, 0.3) is 16.8 Å². The van der Waals surface area contributed by atoms with Crippen LogP contribution in [0.15, 0.2) is 84.1 Å². The molecular weight excluding hydrogens is 390 g/mol. The maximum Gasteiger partial charge on any atom is 0.313 e. The van der Waals surface area contributed by atoms with Crippen molar-refractivity contribution in [3.63, 3.8) is 0 Å². The molecule has 0 atom stereocenters. The van der Waals surface area contributed by atoms with Crippen molar-refractivity contribution in [2.45, 2.75) is 13.8 Å². The zero-order chi connectivity index (χ0) is 21.8. The number of pyridine rings is 1. The molecule has 0 aliphatic carbocycles. The third-order valence-electron chi connectivity index (χ3n) is 5.06. The van der Waals surface area contributed by atoms with Crippen molar-refractivity contribution in [3.05, 3.63) is 106 Å². The van der Waals surface area contributed by atoms with Gasteiger partial charge in [0.1, 0.15) is 0 Å². The summed E-state index contributed by atoms with van der Waals surface area (Å²) in [6, 6.07) is 23.6. The number of aromatic nitrogens is 2. The number of hydrogen-bond acceptors (Lipinski definition) is 5. The first kappa shape index (κ1) is 20.0. The normalized spacial score (nSPS) is 11.0. The van der Waals surface area contributed by atoms with Crippen LogP contribution >= 0.6 is 0 Å². The Morgan fingerprint density at radius 1 is 1.00 bits per heavy atom. The van der Waals surface area contributed by atoms with Crippen molar-refractivity contribution in [3.8, 4) is 16.8 Å². The molecule has 0 saturated carbocycles. The lowest BCUT2D eigenvalue weighted by atomic mass is 10.1. The quantitative estimate of drug-likeness (QED) is 0.257. The summed E-state index contributed by atoms with van der Waals surface area (Å²) < 4.78 is 2.15. The lowest BCUT2D eigenvalue weighted by Crippen LogP contribution is -2.01. The Labute approximate surface area is 179 Å². The number of nitrogens with zero attached hydrogens (tertiary/aromatic N) is 4. The molecule has 0 radical (unpaired) electrons. The van der Waals surface area contributed by atoms with E-state index in [0.29, 0.717) is 0 Å². The number of hydrazone groups is 1. The van der Waals surface area contributed by atoms with E-state index in [-0.39, 0.29) is 11.5 Å². The van der Waals surface area contributed by atoms with Gasteiger partial charge in [-0.1, -0.05) is 42.5 Å². The number of benzene rings is 2. The van der Waals surface area contributed by atoms with Gasteiger partial charge in [-0.2, -0.15) is 5.10 Å². The summed E-state index contributed by atoms with van der Waals surface area (Å²) in [6.07, 6.45) is 3.13. The first-order valence-electron chi connectivity index (χ1n) is 9.78. The van der Waals surface area contributed by atoms with Gasteiger partial charge in [-0.25, -0.2) is 4.98 Å². The maximum atomic E-state index is 11.1. The van der Waals surface area contributed by atoms with Crippen molar-refractivity contribution >= 4 is 17.7 Å². The van der Waals surface area contributed by atoms with Crippen molar-refractivity contribution in [2.24, 2.45) is 5.10 Å². The summed E-state index contributed by atoms with van der Waals surface area (Å²) in [4.78, 5) is 14.6. The lowest BCUT2D eigenvalue weighted by molar-refractivity contribution is -0.384. The molecule has 2 aromatic carbocycles. The van der Waals surface area contributed by atoms with Gasteiger partial charge >= 0.3 is 5.69 Å². The van der Waals surface area contributed by atoms with Gasteiger partial charge in [0.05, 0.1) is 11.1 Å². The Morgan fingerprint density at radius 3 is 2.42 bits per heavy atom. The molecular formula is C24H21N5O2. The van der Waals surface area contributed by atoms with E-state index in [0.717, 1.165) is 28.2 Å². The summed E-state index contributed by atoms with van der Waals surface area (Å²) >= 11 is 0. The predicted molar refractivity (Wildman–Crippen MR) is 123 cm³/mol. The molecule has 0 bridgehead atoms. The summed E-state index contributed by atoms with van der Waals surface area (Å²) in [5, 5.41) is 15.3. The second kappa shape index (κ2) is 8.62. The fourth-order valence-corrected chi connectivity index (χ4v) is 3.54. The largest absolute Gasteiger partial charge is 0.318 e. The van der Waals surface area contributed by atoms with Crippen LogP contribution in [0.5, 0.6) is 0 Å². The van der Waals surface area contributed by atoms with Crippen LogP contribution in [0.3, 0.4) is 0 Å². The van der Waals surface area contributed by atoms with Gasteiger partial charge in [0.15, 0.2) is 0 Å². The van der Waals surface area contributed by atoms with Gasteiger partial charge in [0.2, 0.25) is 5.82 Å². The molecule has 4 rings (SSSR count). The standard InChI is InChI=1S/C24H21N5O2/c1-17-15-21(16-26-27-24-23(29(30)31)9-6-14-25-24)18(2)28(17)22-12-10-20(11-13-22)19-7-4-3-5-8-19/h3-16H,1-2H3,(H,25,27)/b26-16+. The monoisotopic (exact) mass is 411 g/mol. The number of aryl methyl sites for hydroxylation is 1. The summed E-state index contributed by atoms with van der Waals surface area (Å²) in [6.45, 7) is 4.05. The van der Waals surface area contributed by atoms with E-state index < -0.39 is 4.92 Å². The van der Waals surface area contributed by atoms with Gasteiger partial charge in [-0.15, -0.1) is 0 Å². The fraction of sp³-hybridized carbons (Fsp3) is 0.0833. The Hall–Kier alpha value is -4.26. The molecule has 0 spiro atoms. The molecule has 2 heterocycles. The van der Waals surface area contributed by atoms with E-state index in [9.17, 15) is 10.1 Å². The van der Waals surface area contributed by atoms with E-state index in [2.05, 4.69) is 56.5 Å². The molecule has 4 aromatic rings. The zero-order valence-electron chi connectivity index (χ0n) is 17.2. The van der Waals surface area contributed by atoms with Crippen LogP contribution in [-0.4, -0.2) is 20.7 Å². The van der Waals surface area contributed by atoms with E-state index >= 15 is 0 Å². The van der Waals surface area contributed by atoms with Gasteiger partial charge in [0.25, 0.3) is 0 Å². The molecule has 31 heavy (non-hydrogen) atoms. The highest BCUT2D eigenvalue weighted by molar-refractivity contribution is 5.83. The highest BCUT2D eigenvalue weighted by atomic mass is 16.6. The number of nitrogens with one attached hydrogen (secondary N) is 1. The average Bonchev–Trinajstić information content (AvgIpc) is 3.07. The van der Waals surface area contributed by atoms with Crippen molar-refractivity contribution in [1.29, 1.82) is 0 Å². The lowest BCUT2D eigenvalue weighted by Gasteiger charge is -2.11. The van der Waals surface area contributed by atoms with Crippen molar-refractivity contribution in [1.82, 2.24) is 9.55 Å². The third-order valence-corrected chi connectivity index (χ3v) is 5.06. The third kappa shape index (κ3) is 4.20. The number of nitro groups is 1. The number of anilines is 1. The molecule has 0 saturated heterocycles. The van der Waals surface area contributed by atoms with Crippen LogP contribution in [0.2, 0.25) is 0 Å². The highest BCUT2D eigenvalue weighted by Gasteiger charge is 2.13. The molecule has 0 unspecified atom stereocenters. The minimum absolute atomic E-state index is 0.106. The van der Waals surface area contributed by atoms with Gasteiger partial charge in [0, 0.05) is 34.9 Å². The smallest absolute Gasteiger partial charge is 0.313 e. The van der Waals surface area contributed by atoms with E-state index in [1.54, 1.807) is 6.21 Å². The molecule has 154 valence electrons. The Kier molecular flexibility index (Phi) is 5.57. The molecule has 0 amide bonds. The molecule has 2 aromatic heterocycles. The van der Waals surface area contributed by atoms with Crippen molar-refractivity contribution in [2.75, 3.05) is 5.43 Å². The highest BCUT2D eigenvalue weighted by Crippen LogP contribution is 2.24. The second-order valence-corrected chi connectivity index (χ2v) is 7.07. The van der Waals surface area contributed by atoms with Crippen molar-refractivity contribution < 1.29 is 4.92 Å². The zero-order valence-corrected chi connectivity index (χ0v) is 17.2. The summed E-state index contributed by atoms with van der Waals surface area (Å²) in [7, 11) is 0. The molecule has 7 nitrogen and oxygen atoms in total. The predicted octanol–water partition coefficient (Wildman–Crippen LogP) is 5.51. The van der Waals surface area contributed by atoms with E-state index in [1.165, 1.54) is 23.9 Å². The van der Waals surface area contributed by atoms with Gasteiger partial charge in [-0.05, 0) is 49.2 Å². The SMILES string of the molecule is Cc1cc(/C=N/Nc2ncccc2[N+](=O)[O-])c(C)n1-c1ccc(-c2ccccc2)cc1. The van der Waals surface area contributed by atoms with Crippen LogP contribution < -0.4 is 5.43 Å². The van der Waals surface area contributed by atoms with Gasteiger partial charge < -0.3 is 4.57 Å². The molecule has 7 heteroatoms. The molecule has 0 aliphatic rings. The average molecular weight is 411 g/mol. The van der Waals surface area contributed by atoms with E-state index in [4.69, 9.17) is 0 Å². The summed E-state index contributed by atoms with van der Waals surface area (Å²) in [5.74, 6) is 0.106. The molecule has 1 N–H and O–H groups in total. The van der Waals surface area contributed by atoms with Crippen LogP contribution in [-0.2, 0) is 0 Å². The van der Waals surface area contributed by atoms with Gasteiger partial charge in [-0.3, -0.25) is 15.5 Å². The number of rotatable bonds is 6. The Bertz CT molecular complexity index is 1240. The minimum atomic E-state index is -0.490. The van der Waals surface area contributed by atoms with Crippen LogP contribution in [0.1, 0.15) is 17.0 Å². The first-order valence-corrected chi connectivity index (χ1v) is 9.78.